The van der Waals surface area contributed by atoms with Crippen molar-refractivity contribution in [1.82, 2.24) is 10.6 Å². The van der Waals surface area contributed by atoms with Crippen LogP contribution in [0.2, 0.25) is 0 Å². The zero-order valence-corrected chi connectivity index (χ0v) is 12.8. The number of methoxy groups -OCH3 is 1. The molecule has 1 aromatic heterocycles. The lowest BCUT2D eigenvalue weighted by Crippen LogP contribution is -2.32. The summed E-state index contributed by atoms with van der Waals surface area (Å²) < 4.78 is 11.4. The van der Waals surface area contributed by atoms with E-state index in [0.717, 1.165) is 16.4 Å². The summed E-state index contributed by atoms with van der Waals surface area (Å²) in [5.74, 6) is 0.126. The van der Waals surface area contributed by atoms with Crippen molar-refractivity contribution in [1.29, 1.82) is 0 Å². The molecule has 20 heavy (non-hydrogen) atoms. The molecule has 2 rings (SSSR count). The van der Waals surface area contributed by atoms with Crippen LogP contribution in [0.15, 0.2) is 33.2 Å². The molecular weight excluding hydrogens is 324 g/mol. The highest BCUT2D eigenvalue weighted by atomic mass is 79.9. The average Bonchev–Trinajstić information content (AvgIpc) is 2.85. The Morgan fingerprint density at radius 1 is 1.30 bits per heavy atom. The molecule has 0 saturated carbocycles. The van der Waals surface area contributed by atoms with Crippen LogP contribution in [0.3, 0.4) is 0 Å². The number of nitrogens with one attached hydrogen (secondary N) is 2. The van der Waals surface area contributed by atoms with Gasteiger partial charge in [-0.15, -0.1) is 0 Å². The largest absolute Gasteiger partial charge is 0.451 e. The van der Waals surface area contributed by atoms with Crippen molar-refractivity contribution < 1.29 is 13.9 Å². The minimum Gasteiger partial charge on any atom is -0.451 e. The highest BCUT2D eigenvalue weighted by Gasteiger charge is 2.11. The number of fused-ring (bicyclic) bond motifs is 1. The highest BCUT2D eigenvalue weighted by Crippen LogP contribution is 2.23. The third kappa shape index (κ3) is 4.06. The summed E-state index contributed by atoms with van der Waals surface area (Å²) in [5.41, 5.74) is 0.705. The standard InChI is InChI=1S/C14H17BrN2O3/c1-19-7-6-16-4-5-17-14(18)13-9-10-8-11(15)2-3-12(10)20-13/h2-3,8-9,16H,4-7H2,1H3,(H,17,18). The van der Waals surface area contributed by atoms with Crippen molar-refractivity contribution in [3.05, 3.63) is 34.5 Å². The Balaban J connectivity index is 1.85. The fourth-order valence-corrected chi connectivity index (χ4v) is 2.16. The molecule has 0 radical (unpaired) electrons. The van der Waals surface area contributed by atoms with Crippen LogP contribution in [0.1, 0.15) is 10.6 Å². The maximum Gasteiger partial charge on any atom is 0.287 e. The van der Waals surface area contributed by atoms with Gasteiger partial charge in [-0.3, -0.25) is 4.79 Å². The Labute approximate surface area is 125 Å². The van der Waals surface area contributed by atoms with E-state index >= 15 is 0 Å². The first-order valence-electron chi connectivity index (χ1n) is 6.37. The van der Waals surface area contributed by atoms with E-state index in [1.54, 1.807) is 13.2 Å². The van der Waals surface area contributed by atoms with Gasteiger partial charge in [-0.05, 0) is 24.3 Å². The number of carbonyl (C=O) groups excluding carboxylic acids is 1. The smallest absolute Gasteiger partial charge is 0.287 e. The van der Waals surface area contributed by atoms with E-state index in [9.17, 15) is 4.79 Å². The number of benzene rings is 1. The number of rotatable bonds is 7. The zero-order chi connectivity index (χ0) is 14.4. The molecule has 1 aromatic carbocycles. The molecule has 1 heterocycles. The summed E-state index contributed by atoms with van der Waals surface area (Å²) in [6, 6.07) is 7.38. The lowest BCUT2D eigenvalue weighted by atomic mass is 10.2. The van der Waals surface area contributed by atoms with E-state index in [1.165, 1.54) is 0 Å². The molecule has 0 atom stereocenters. The predicted octanol–water partition coefficient (Wildman–Crippen LogP) is 2.16. The topological polar surface area (TPSA) is 63.5 Å². The minimum atomic E-state index is -0.203. The minimum absolute atomic E-state index is 0.203. The summed E-state index contributed by atoms with van der Waals surface area (Å²) in [5, 5.41) is 6.86. The van der Waals surface area contributed by atoms with Crippen molar-refractivity contribution in [3.63, 3.8) is 0 Å². The second-order valence-electron chi connectivity index (χ2n) is 4.29. The molecule has 0 aliphatic rings. The van der Waals surface area contributed by atoms with Gasteiger partial charge >= 0.3 is 0 Å². The van der Waals surface area contributed by atoms with Crippen LogP contribution in [0.4, 0.5) is 0 Å². The molecule has 2 N–H and O–H groups in total. The van der Waals surface area contributed by atoms with Crippen molar-refractivity contribution in [2.75, 3.05) is 33.4 Å². The number of hydrogen-bond donors (Lipinski definition) is 2. The summed E-state index contributed by atoms with van der Waals surface area (Å²) in [6.45, 7) is 2.67. The molecule has 1 amide bonds. The van der Waals surface area contributed by atoms with Crippen LogP contribution in [0, 0.1) is 0 Å². The molecule has 5 nitrogen and oxygen atoms in total. The van der Waals surface area contributed by atoms with Gasteiger partial charge in [-0.2, -0.15) is 0 Å². The van der Waals surface area contributed by atoms with Gasteiger partial charge in [0, 0.05) is 36.6 Å². The van der Waals surface area contributed by atoms with Crippen LogP contribution < -0.4 is 10.6 Å². The molecule has 0 saturated heterocycles. The van der Waals surface area contributed by atoms with Gasteiger partial charge in [0.1, 0.15) is 5.58 Å². The first kappa shape index (κ1) is 15.0. The Morgan fingerprint density at radius 3 is 2.95 bits per heavy atom. The SMILES string of the molecule is COCCNCCNC(=O)c1cc2cc(Br)ccc2o1. The van der Waals surface area contributed by atoms with Crippen LogP contribution in [0.25, 0.3) is 11.0 Å². The monoisotopic (exact) mass is 340 g/mol. The highest BCUT2D eigenvalue weighted by molar-refractivity contribution is 9.10. The van der Waals surface area contributed by atoms with E-state index in [4.69, 9.17) is 9.15 Å². The van der Waals surface area contributed by atoms with Crippen molar-refractivity contribution in [2.45, 2.75) is 0 Å². The van der Waals surface area contributed by atoms with E-state index in [0.29, 0.717) is 31.0 Å². The Kier molecular flexibility index (Phi) is 5.58. The van der Waals surface area contributed by atoms with E-state index in [-0.39, 0.29) is 5.91 Å². The predicted molar refractivity (Wildman–Crippen MR) is 81.0 cm³/mol. The second kappa shape index (κ2) is 7.42. The number of furan rings is 1. The third-order valence-corrected chi connectivity index (χ3v) is 3.27. The summed E-state index contributed by atoms with van der Waals surface area (Å²) >= 11 is 3.39. The van der Waals surface area contributed by atoms with Gasteiger partial charge in [-0.25, -0.2) is 0 Å². The number of halogens is 1. The molecular formula is C14H17BrN2O3. The van der Waals surface area contributed by atoms with Crippen LogP contribution in [-0.2, 0) is 4.74 Å². The van der Waals surface area contributed by atoms with Crippen LogP contribution >= 0.6 is 15.9 Å². The maximum absolute atomic E-state index is 11.9. The van der Waals surface area contributed by atoms with Crippen molar-refractivity contribution in [2.24, 2.45) is 0 Å². The zero-order valence-electron chi connectivity index (χ0n) is 11.2. The Hall–Kier alpha value is -1.37. The third-order valence-electron chi connectivity index (χ3n) is 2.77. The number of amides is 1. The second-order valence-corrected chi connectivity index (χ2v) is 5.21. The Morgan fingerprint density at radius 2 is 2.15 bits per heavy atom. The molecule has 0 unspecified atom stereocenters. The first-order valence-corrected chi connectivity index (χ1v) is 7.17. The summed E-state index contributed by atoms with van der Waals surface area (Å²) in [6.07, 6.45) is 0. The van der Waals surface area contributed by atoms with E-state index in [1.807, 2.05) is 18.2 Å². The van der Waals surface area contributed by atoms with Gasteiger partial charge in [0.05, 0.1) is 6.61 Å². The summed E-state index contributed by atoms with van der Waals surface area (Å²) in [4.78, 5) is 11.9. The van der Waals surface area contributed by atoms with Gasteiger partial charge in [0.25, 0.3) is 5.91 Å². The van der Waals surface area contributed by atoms with Crippen LogP contribution in [-0.4, -0.2) is 39.3 Å². The van der Waals surface area contributed by atoms with Gasteiger partial charge in [0.15, 0.2) is 5.76 Å². The molecule has 0 bridgehead atoms. The molecule has 0 spiro atoms. The maximum atomic E-state index is 11.9. The van der Waals surface area contributed by atoms with Crippen molar-refractivity contribution >= 4 is 32.8 Å². The van der Waals surface area contributed by atoms with Gasteiger partial charge in [0.2, 0.25) is 0 Å². The van der Waals surface area contributed by atoms with Crippen molar-refractivity contribution in [3.8, 4) is 0 Å². The molecule has 2 aromatic rings. The Bertz CT molecular complexity index is 583. The molecule has 0 aliphatic heterocycles. The average molecular weight is 341 g/mol. The van der Waals surface area contributed by atoms with Crippen LogP contribution in [0.5, 0.6) is 0 Å². The number of ether oxygens (including phenoxy) is 1. The lowest BCUT2D eigenvalue weighted by molar-refractivity contribution is 0.0928. The number of hydrogen-bond acceptors (Lipinski definition) is 4. The van der Waals surface area contributed by atoms with E-state index < -0.39 is 0 Å². The summed E-state index contributed by atoms with van der Waals surface area (Å²) in [7, 11) is 1.66. The van der Waals surface area contributed by atoms with E-state index in [2.05, 4.69) is 26.6 Å². The quantitative estimate of drug-likeness (QED) is 0.758. The van der Waals surface area contributed by atoms with Gasteiger partial charge < -0.3 is 19.8 Å². The fourth-order valence-electron chi connectivity index (χ4n) is 1.78. The first-order chi connectivity index (χ1) is 9.70. The van der Waals surface area contributed by atoms with Gasteiger partial charge in [-0.1, -0.05) is 15.9 Å². The molecule has 0 aliphatic carbocycles. The normalized spacial score (nSPS) is 10.9. The molecule has 0 fully saturated rings. The molecule has 6 heteroatoms. The number of carbonyl (C=O) groups is 1. The lowest BCUT2D eigenvalue weighted by Gasteiger charge is -2.04. The molecule has 108 valence electrons. The fraction of sp³-hybridized carbons (Fsp3) is 0.357.